The van der Waals surface area contributed by atoms with E-state index in [2.05, 4.69) is 10.2 Å². The number of halogens is 1. The summed E-state index contributed by atoms with van der Waals surface area (Å²) in [4.78, 5) is 15.1. The second-order valence-corrected chi connectivity index (χ2v) is 7.81. The third-order valence-electron chi connectivity index (χ3n) is 4.05. The first-order chi connectivity index (χ1) is 12.6. The van der Waals surface area contributed by atoms with Crippen molar-refractivity contribution in [2.24, 2.45) is 0 Å². The van der Waals surface area contributed by atoms with Gasteiger partial charge < -0.3 is 14.5 Å². The molecule has 1 N–H and O–H groups in total. The minimum absolute atomic E-state index is 0.211. The summed E-state index contributed by atoms with van der Waals surface area (Å²) in [6.45, 7) is 4.57. The van der Waals surface area contributed by atoms with Crippen LogP contribution in [0, 0.1) is 0 Å². The number of amides is 1. The molecule has 26 heavy (non-hydrogen) atoms. The predicted molar refractivity (Wildman–Crippen MR) is 99.9 cm³/mol. The monoisotopic (exact) mass is 396 g/mol. The Morgan fingerprint density at radius 1 is 1.15 bits per heavy atom. The maximum absolute atomic E-state index is 12.3. The highest BCUT2D eigenvalue weighted by Gasteiger charge is 2.15. The van der Waals surface area contributed by atoms with Gasteiger partial charge in [-0.1, -0.05) is 11.6 Å². The molecule has 1 aliphatic rings. The van der Waals surface area contributed by atoms with E-state index in [1.807, 2.05) is 0 Å². The molecule has 1 atom stereocenters. The van der Waals surface area contributed by atoms with Gasteiger partial charge in [-0.15, -0.1) is 0 Å². The van der Waals surface area contributed by atoms with E-state index in [0.29, 0.717) is 22.2 Å². The molecule has 0 aliphatic carbocycles. The second kappa shape index (κ2) is 9.32. The number of ether oxygens (including phenoxy) is 1. The topological polar surface area (TPSA) is 71.8 Å². The number of rotatable bonds is 7. The van der Waals surface area contributed by atoms with Crippen LogP contribution < -0.4 is 5.32 Å². The van der Waals surface area contributed by atoms with E-state index >= 15 is 0 Å². The Hall–Kier alpha value is -1.67. The highest BCUT2D eigenvalue weighted by Crippen LogP contribution is 2.17. The Labute approximate surface area is 159 Å². The van der Waals surface area contributed by atoms with Crippen molar-refractivity contribution in [2.75, 3.05) is 39.4 Å². The average Bonchev–Trinajstić information content (AvgIpc) is 3.11. The maximum Gasteiger partial charge on any atom is 0.287 e. The van der Waals surface area contributed by atoms with Crippen molar-refractivity contribution in [1.82, 2.24) is 10.2 Å². The summed E-state index contributed by atoms with van der Waals surface area (Å²) in [7, 11) is -1.25. The van der Waals surface area contributed by atoms with Gasteiger partial charge >= 0.3 is 0 Å². The molecule has 1 saturated heterocycles. The molecule has 1 amide bonds. The van der Waals surface area contributed by atoms with Crippen LogP contribution in [0.15, 0.2) is 45.7 Å². The second-order valence-electron chi connectivity index (χ2n) is 5.92. The lowest BCUT2D eigenvalue weighted by Crippen LogP contribution is -2.41. The third kappa shape index (κ3) is 5.41. The molecule has 0 bridgehead atoms. The van der Waals surface area contributed by atoms with Crippen LogP contribution in [0.1, 0.15) is 16.3 Å². The van der Waals surface area contributed by atoms with Gasteiger partial charge in [0.1, 0.15) is 5.76 Å². The average molecular weight is 397 g/mol. The van der Waals surface area contributed by atoms with Crippen molar-refractivity contribution in [3.63, 3.8) is 0 Å². The number of hydrogen-bond acceptors (Lipinski definition) is 5. The van der Waals surface area contributed by atoms with Crippen molar-refractivity contribution in [2.45, 2.75) is 10.6 Å². The molecular formula is C18H21ClN2O4S. The molecule has 140 valence electrons. The quantitative estimate of drug-likeness (QED) is 0.777. The molecule has 2 heterocycles. The Balaban J connectivity index is 1.48. The number of hydrogen-bond donors (Lipinski definition) is 1. The lowest BCUT2D eigenvalue weighted by Gasteiger charge is -2.26. The molecule has 3 rings (SSSR count). The zero-order valence-electron chi connectivity index (χ0n) is 14.3. The minimum atomic E-state index is -1.25. The van der Waals surface area contributed by atoms with Crippen LogP contribution in [0.4, 0.5) is 0 Å². The maximum atomic E-state index is 12.3. The standard InChI is InChI=1S/C18H21ClN2O4S/c19-14-1-4-16(5-2-14)26(23)13-15-3-6-17(25-15)18(22)20-7-8-21-9-11-24-12-10-21/h1-6H,7-13H2,(H,20,22)/t26-/m0/s1. The van der Waals surface area contributed by atoms with Gasteiger partial charge in [-0.2, -0.15) is 0 Å². The van der Waals surface area contributed by atoms with E-state index in [0.717, 1.165) is 32.8 Å². The molecule has 0 radical (unpaired) electrons. The summed E-state index contributed by atoms with van der Waals surface area (Å²) in [6.07, 6.45) is 0. The van der Waals surface area contributed by atoms with E-state index in [9.17, 15) is 9.00 Å². The van der Waals surface area contributed by atoms with Gasteiger partial charge in [0.05, 0.1) is 29.8 Å². The zero-order valence-corrected chi connectivity index (χ0v) is 15.9. The molecule has 1 fully saturated rings. The number of carbonyl (C=O) groups is 1. The summed E-state index contributed by atoms with van der Waals surface area (Å²) in [5.74, 6) is 0.691. The highest BCUT2D eigenvalue weighted by molar-refractivity contribution is 7.84. The van der Waals surface area contributed by atoms with Gasteiger partial charge in [-0.3, -0.25) is 13.9 Å². The summed E-state index contributed by atoms with van der Waals surface area (Å²) in [5, 5.41) is 3.44. The van der Waals surface area contributed by atoms with E-state index in [-0.39, 0.29) is 17.4 Å². The molecule has 0 unspecified atom stereocenters. The molecular weight excluding hydrogens is 376 g/mol. The normalized spacial score (nSPS) is 16.3. The van der Waals surface area contributed by atoms with Crippen LogP contribution in [0.3, 0.4) is 0 Å². The van der Waals surface area contributed by atoms with Crippen molar-refractivity contribution in [3.05, 3.63) is 52.9 Å². The molecule has 2 aromatic rings. The van der Waals surface area contributed by atoms with Gasteiger partial charge in [0.25, 0.3) is 5.91 Å². The molecule has 1 aromatic carbocycles. The molecule has 0 spiro atoms. The van der Waals surface area contributed by atoms with E-state index < -0.39 is 10.8 Å². The van der Waals surface area contributed by atoms with Crippen molar-refractivity contribution >= 4 is 28.3 Å². The van der Waals surface area contributed by atoms with Crippen LogP contribution >= 0.6 is 11.6 Å². The smallest absolute Gasteiger partial charge is 0.287 e. The zero-order chi connectivity index (χ0) is 18.4. The summed E-state index contributed by atoms with van der Waals surface area (Å²) < 4.78 is 23.2. The molecule has 1 aliphatic heterocycles. The van der Waals surface area contributed by atoms with E-state index in [1.54, 1.807) is 36.4 Å². The summed E-state index contributed by atoms with van der Waals surface area (Å²) in [6, 6.07) is 10.1. The number of benzene rings is 1. The molecule has 6 nitrogen and oxygen atoms in total. The van der Waals surface area contributed by atoms with Gasteiger partial charge in [-0.05, 0) is 36.4 Å². The fraction of sp³-hybridized carbons (Fsp3) is 0.389. The third-order valence-corrected chi connectivity index (χ3v) is 5.65. The minimum Gasteiger partial charge on any atom is -0.455 e. The Morgan fingerprint density at radius 2 is 1.88 bits per heavy atom. The lowest BCUT2D eigenvalue weighted by atomic mass is 10.4. The van der Waals surface area contributed by atoms with Gasteiger partial charge in [0.2, 0.25) is 0 Å². The van der Waals surface area contributed by atoms with Crippen LogP contribution in [-0.4, -0.2) is 54.4 Å². The van der Waals surface area contributed by atoms with Gasteiger partial charge in [0.15, 0.2) is 5.76 Å². The SMILES string of the molecule is O=C(NCCN1CCOCC1)c1ccc(C[S@](=O)c2ccc(Cl)cc2)o1. The first kappa shape index (κ1) is 19.1. The molecule has 1 aromatic heterocycles. The molecule has 0 saturated carbocycles. The number of morpholine rings is 1. The Bertz CT molecular complexity index is 757. The van der Waals surface area contributed by atoms with E-state index in [4.69, 9.17) is 20.8 Å². The lowest BCUT2D eigenvalue weighted by molar-refractivity contribution is 0.0382. The number of furan rings is 1. The number of nitrogens with one attached hydrogen (secondary N) is 1. The molecule has 8 heteroatoms. The van der Waals surface area contributed by atoms with Crippen LogP contribution in [-0.2, 0) is 21.3 Å². The number of nitrogens with zero attached hydrogens (tertiary/aromatic N) is 1. The fourth-order valence-corrected chi connectivity index (χ4v) is 3.76. The van der Waals surface area contributed by atoms with Gasteiger partial charge in [0, 0.05) is 36.1 Å². The first-order valence-electron chi connectivity index (χ1n) is 8.43. The van der Waals surface area contributed by atoms with Crippen LogP contribution in [0.5, 0.6) is 0 Å². The predicted octanol–water partition coefficient (Wildman–Crippen LogP) is 2.30. The van der Waals surface area contributed by atoms with Crippen LogP contribution in [0.25, 0.3) is 0 Å². The largest absolute Gasteiger partial charge is 0.455 e. The van der Waals surface area contributed by atoms with Crippen molar-refractivity contribution in [1.29, 1.82) is 0 Å². The van der Waals surface area contributed by atoms with E-state index in [1.165, 1.54) is 0 Å². The number of carbonyl (C=O) groups excluding carboxylic acids is 1. The summed E-state index contributed by atoms with van der Waals surface area (Å²) in [5.41, 5.74) is 0. The summed E-state index contributed by atoms with van der Waals surface area (Å²) >= 11 is 5.83. The van der Waals surface area contributed by atoms with Gasteiger partial charge in [-0.25, -0.2) is 0 Å². The van der Waals surface area contributed by atoms with Crippen LogP contribution in [0.2, 0.25) is 5.02 Å². The highest BCUT2D eigenvalue weighted by atomic mass is 35.5. The Morgan fingerprint density at radius 3 is 2.62 bits per heavy atom. The van der Waals surface area contributed by atoms with Crippen molar-refractivity contribution in [3.8, 4) is 0 Å². The first-order valence-corrected chi connectivity index (χ1v) is 10.1. The fourth-order valence-electron chi connectivity index (χ4n) is 2.62. The van der Waals surface area contributed by atoms with Crippen molar-refractivity contribution < 1.29 is 18.2 Å². The Kier molecular flexibility index (Phi) is 6.85.